The van der Waals surface area contributed by atoms with Crippen LogP contribution in [-0.4, -0.2) is 48.6 Å². The second kappa shape index (κ2) is 4.63. The molecule has 1 amide bonds. The number of pyridine rings is 1. The number of nitrogens with zero attached hydrogens (tertiary/aromatic N) is 2. The molecule has 0 radical (unpaired) electrons. The fourth-order valence-electron chi connectivity index (χ4n) is 3.26. The summed E-state index contributed by atoms with van der Waals surface area (Å²) in [4.78, 5) is 50.4. The van der Waals surface area contributed by atoms with E-state index < -0.39 is 52.8 Å². The number of aromatic amines is 1. The highest BCUT2D eigenvalue weighted by molar-refractivity contribution is 5.95. The molecular formula is C13H12N4O7. The van der Waals surface area contributed by atoms with Crippen LogP contribution in [0.3, 0.4) is 0 Å². The van der Waals surface area contributed by atoms with E-state index in [9.17, 15) is 29.4 Å². The number of carbonyl (C=O) groups excluding carboxylic acids is 1. The van der Waals surface area contributed by atoms with Gasteiger partial charge in [-0.2, -0.15) is 0 Å². The van der Waals surface area contributed by atoms with Crippen LogP contribution in [0, 0.1) is 0 Å². The number of aliphatic hydroxyl groups is 2. The van der Waals surface area contributed by atoms with Gasteiger partial charge < -0.3 is 20.7 Å². The molecule has 2 aliphatic rings. The van der Waals surface area contributed by atoms with Crippen LogP contribution in [0.4, 0.5) is 0 Å². The summed E-state index contributed by atoms with van der Waals surface area (Å²) in [5, 5.41) is 20.0. The Hall–Kier alpha value is -2.76. The lowest BCUT2D eigenvalue weighted by Gasteiger charge is -2.22. The minimum Gasteiger partial charge on any atom is -0.387 e. The molecule has 4 rings (SSSR count). The Kier molecular flexibility index (Phi) is 2.85. The Labute approximate surface area is 131 Å². The molecule has 0 aromatic carbocycles. The standard InChI is InChI=1S/C13H12N4O7/c14-8(20)3-1-4-9(21)15-13(23)17-10(4)16(11(3)22)2-5-6(18)7(19)12(17)24-5/h1,5-7,12,18-19H,2H2,(H2,14,20)(H,15,21,23)/t5-,6+,7?,12+/m1/s1. The molecule has 2 aromatic heterocycles. The van der Waals surface area contributed by atoms with Gasteiger partial charge in [0.05, 0.1) is 11.9 Å². The molecule has 0 saturated carbocycles. The molecule has 5 N–H and O–H groups in total. The first-order valence-corrected chi connectivity index (χ1v) is 7.05. The van der Waals surface area contributed by atoms with Crippen molar-refractivity contribution in [2.75, 3.05) is 0 Å². The second-order valence-electron chi connectivity index (χ2n) is 5.75. The number of nitrogens with two attached hydrogens (primary N) is 1. The number of hydrogen-bond donors (Lipinski definition) is 4. The molecule has 2 aliphatic heterocycles. The normalized spacial score (nSPS) is 28.1. The van der Waals surface area contributed by atoms with Gasteiger partial charge in [0.25, 0.3) is 17.0 Å². The van der Waals surface area contributed by atoms with Crippen molar-refractivity contribution < 1.29 is 19.7 Å². The predicted octanol–water partition coefficient (Wildman–Crippen LogP) is -3.42. The molecular weight excluding hydrogens is 324 g/mol. The van der Waals surface area contributed by atoms with Crippen LogP contribution < -0.4 is 22.5 Å². The Morgan fingerprint density at radius 1 is 1.29 bits per heavy atom. The van der Waals surface area contributed by atoms with E-state index in [0.29, 0.717) is 0 Å². The number of H-pyrrole nitrogens is 1. The summed E-state index contributed by atoms with van der Waals surface area (Å²) in [5.41, 5.74) is 2.12. The van der Waals surface area contributed by atoms with Gasteiger partial charge in [-0.15, -0.1) is 0 Å². The van der Waals surface area contributed by atoms with Crippen molar-refractivity contribution in [1.29, 1.82) is 0 Å². The van der Waals surface area contributed by atoms with E-state index in [1.807, 2.05) is 4.98 Å². The third-order valence-corrected chi connectivity index (χ3v) is 4.39. The van der Waals surface area contributed by atoms with Crippen LogP contribution in [0.15, 0.2) is 20.4 Å². The lowest BCUT2D eigenvalue weighted by atomic mass is 10.1. The zero-order chi connectivity index (χ0) is 17.3. The lowest BCUT2D eigenvalue weighted by molar-refractivity contribution is -0.0352. The van der Waals surface area contributed by atoms with Crippen LogP contribution in [0.2, 0.25) is 0 Å². The molecule has 2 aromatic rings. The summed E-state index contributed by atoms with van der Waals surface area (Å²) >= 11 is 0. The van der Waals surface area contributed by atoms with Crippen molar-refractivity contribution in [3.05, 3.63) is 42.8 Å². The lowest BCUT2D eigenvalue weighted by Crippen LogP contribution is -2.44. The molecule has 4 atom stereocenters. The number of primary amides is 1. The monoisotopic (exact) mass is 336 g/mol. The zero-order valence-corrected chi connectivity index (χ0v) is 12.0. The minimum absolute atomic E-state index is 0.0998. The number of nitrogens with one attached hydrogen (secondary N) is 1. The first-order chi connectivity index (χ1) is 11.3. The first kappa shape index (κ1) is 14.8. The molecule has 1 fully saturated rings. The maximum Gasteiger partial charge on any atom is 0.332 e. The van der Waals surface area contributed by atoms with Crippen LogP contribution in [0.25, 0.3) is 11.0 Å². The maximum absolute atomic E-state index is 12.5. The highest BCUT2D eigenvalue weighted by Crippen LogP contribution is 2.33. The van der Waals surface area contributed by atoms with Gasteiger partial charge in [0, 0.05) is 0 Å². The third-order valence-electron chi connectivity index (χ3n) is 4.39. The Morgan fingerprint density at radius 2 is 2.00 bits per heavy atom. The number of hydrogen-bond acceptors (Lipinski definition) is 7. The third kappa shape index (κ3) is 1.71. The van der Waals surface area contributed by atoms with Crippen molar-refractivity contribution in [3.63, 3.8) is 0 Å². The molecule has 11 nitrogen and oxygen atoms in total. The highest BCUT2D eigenvalue weighted by Gasteiger charge is 2.47. The van der Waals surface area contributed by atoms with Crippen molar-refractivity contribution in [3.8, 4) is 0 Å². The molecule has 126 valence electrons. The van der Waals surface area contributed by atoms with Gasteiger partial charge in [0.15, 0.2) is 6.23 Å². The van der Waals surface area contributed by atoms with E-state index in [1.165, 1.54) is 0 Å². The largest absolute Gasteiger partial charge is 0.387 e. The van der Waals surface area contributed by atoms with Crippen molar-refractivity contribution in [1.82, 2.24) is 14.1 Å². The van der Waals surface area contributed by atoms with Crippen molar-refractivity contribution >= 4 is 16.9 Å². The fourth-order valence-corrected chi connectivity index (χ4v) is 3.26. The number of rotatable bonds is 1. The van der Waals surface area contributed by atoms with Crippen LogP contribution in [-0.2, 0) is 11.3 Å². The predicted molar refractivity (Wildman–Crippen MR) is 77.5 cm³/mol. The van der Waals surface area contributed by atoms with Crippen LogP contribution in [0.1, 0.15) is 16.6 Å². The molecule has 2 bridgehead atoms. The Balaban J connectivity index is 2.23. The zero-order valence-electron chi connectivity index (χ0n) is 12.0. The minimum atomic E-state index is -1.42. The van der Waals surface area contributed by atoms with Crippen LogP contribution in [0.5, 0.6) is 0 Å². The average Bonchev–Trinajstić information content (AvgIpc) is 2.71. The van der Waals surface area contributed by atoms with Crippen LogP contribution >= 0.6 is 0 Å². The van der Waals surface area contributed by atoms with E-state index in [2.05, 4.69) is 0 Å². The highest BCUT2D eigenvalue weighted by atomic mass is 16.6. The SMILES string of the molecule is NC(=O)c1cc2c(=O)[nH]c(=O)n3c2n(c1=O)C[C@H]1O[C@H]3C(O)[C@H]1O. The number of carbonyl (C=O) groups is 1. The van der Waals surface area contributed by atoms with Gasteiger partial charge in [0.2, 0.25) is 0 Å². The maximum atomic E-state index is 12.5. The van der Waals surface area contributed by atoms with E-state index >= 15 is 0 Å². The summed E-state index contributed by atoms with van der Waals surface area (Å²) in [7, 11) is 0. The molecule has 0 spiro atoms. The molecule has 4 heterocycles. The molecule has 0 aliphatic carbocycles. The summed E-state index contributed by atoms with van der Waals surface area (Å²) in [6.07, 6.45) is -5.03. The Bertz CT molecular complexity index is 1060. The Morgan fingerprint density at radius 3 is 2.67 bits per heavy atom. The molecule has 24 heavy (non-hydrogen) atoms. The topological polar surface area (TPSA) is 170 Å². The number of amides is 1. The van der Waals surface area contributed by atoms with Gasteiger partial charge >= 0.3 is 5.69 Å². The van der Waals surface area contributed by atoms with Gasteiger partial charge in [-0.3, -0.25) is 23.9 Å². The summed E-state index contributed by atoms with van der Waals surface area (Å²) in [5.74, 6) is -1.03. The van der Waals surface area contributed by atoms with E-state index in [-0.39, 0.29) is 17.6 Å². The number of aromatic nitrogens is 3. The molecule has 11 heteroatoms. The summed E-state index contributed by atoms with van der Waals surface area (Å²) in [6, 6.07) is 1.01. The smallest absolute Gasteiger partial charge is 0.332 e. The summed E-state index contributed by atoms with van der Waals surface area (Å²) < 4.78 is 7.35. The summed E-state index contributed by atoms with van der Waals surface area (Å²) in [6.45, 7) is -0.256. The quantitative estimate of drug-likeness (QED) is 0.420. The van der Waals surface area contributed by atoms with Crippen molar-refractivity contribution in [2.24, 2.45) is 5.73 Å². The van der Waals surface area contributed by atoms with Gasteiger partial charge in [0.1, 0.15) is 29.5 Å². The van der Waals surface area contributed by atoms with Gasteiger partial charge in [-0.1, -0.05) is 0 Å². The van der Waals surface area contributed by atoms with Gasteiger partial charge in [-0.25, -0.2) is 9.36 Å². The molecule has 1 saturated heterocycles. The van der Waals surface area contributed by atoms with E-state index in [0.717, 1.165) is 15.2 Å². The fraction of sp³-hybridized carbons (Fsp3) is 0.385. The van der Waals surface area contributed by atoms with Gasteiger partial charge in [-0.05, 0) is 6.07 Å². The molecule has 1 unspecified atom stereocenters. The van der Waals surface area contributed by atoms with E-state index in [4.69, 9.17) is 10.5 Å². The second-order valence-corrected chi connectivity index (χ2v) is 5.75. The average molecular weight is 336 g/mol. The first-order valence-electron chi connectivity index (χ1n) is 7.05. The van der Waals surface area contributed by atoms with Crippen molar-refractivity contribution in [2.45, 2.75) is 31.1 Å². The number of fused-ring (bicyclic) bond motifs is 3. The number of aliphatic hydroxyl groups excluding tert-OH is 2. The number of ether oxygens (including phenoxy) is 1. The van der Waals surface area contributed by atoms with E-state index in [1.54, 1.807) is 0 Å².